The van der Waals surface area contributed by atoms with Crippen molar-refractivity contribution in [2.75, 3.05) is 11.5 Å². The SMILES string of the molecule is CCCS(=O)(=O)Oc1c(C(=O)c2cc(C)c3c(c2C)C(C)CS3)cnn1CC. The average Bonchev–Trinajstić information content (AvgIpc) is 3.21. The third-order valence-corrected chi connectivity index (χ3v) is 7.80. The number of thioether (sulfide) groups is 1. The first-order chi connectivity index (χ1) is 13.2. The number of carbonyl (C=O) groups excluding carboxylic acids is 1. The van der Waals surface area contributed by atoms with E-state index in [-0.39, 0.29) is 23.0 Å². The molecular weight excluding hydrogens is 396 g/mol. The molecule has 0 saturated carbocycles. The Morgan fingerprint density at radius 1 is 1.32 bits per heavy atom. The summed E-state index contributed by atoms with van der Waals surface area (Å²) in [7, 11) is -3.78. The number of hydrogen-bond acceptors (Lipinski definition) is 6. The number of hydrogen-bond donors (Lipinski definition) is 0. The van der Waals surface area contributed by atoms with Gasteiger partial charge < -0.3 is 4.18 Å². The number of benzene rings is 1. The standard InChI is InChI=1S/C20H26N2O4S2/c1-6-8-28(24,25)26-20-16(10-21-22(20)7-2)18(23)15-9-12(3)19-17(14(15)5)13(4)11-27-19/h9-10,13H,6-8,11H2,1-5H3. The maximum absolute atomic E-state index is 13.4. The summed E-state index contributed by atoms with van der Waals surface area (Å²) in [5.74, 6) is 1.02. The predicted octanol–water partition coefficient (Wildman–Crippen LogP) is 4.08. The molecule has 1 unspecified atom stereocenters. The van der Waals surface area contributed by atoms with Crippen molar-refractivity contribution in [2.24, 2.45) is 0 Å². The number of nitrogens with zero attached hydrogens (tertiary/aromatic N) is 2. The molecule has 0 aliphatic carbocycles. The Morgan fingerprint density at radius 2 is 2.04 bits per heavy atom. The van der Waals surface area contributed by atoms with Gasteiger partial charge in [0.15, 0.2) is 5.78 Å². The fraction of sp³-hybridized carbons (Fsp3) is 0.500. The van der Waals surface area contributed by atoms with Gasteiger partial charge in [-0.15, -0.1) is 11.8 Å². The van der Waals surface area contributed by atoms with Crippen LogP contribution in [0.1, 0.15) is 65.7 Å². The summed E-state index contributed by atoms with van der Waals surface area (Å²) in [6.45, 7) is 10.1. The molecule has 6 nitrogen and oxygen atoms in total. The summed E-state index contributed by atoms with van der Waals surface area (Å²) in [6, 6.07) is 1.90. The highest BCUT2D eigenvalue weighted by Crippen LogP contribution is 2.44. The molecule has 2 aromatic rings. The summed E-state index contributed by atoms with van der Waals surface area (Å²) in [6.07, 6.45) is 1.84. The Morgan fingerprint density at radius 3 is 2.68 bits per heavy atom. The molecular formula is C20H26N2O4S2. The second-order valence-electron chi connectivity index (χ2n) is 7.17. The molecule has 0 saturated heterocycles. The largest absolute Gasteiger partial charge is 0.361 e. The minimum atomic E-state index is -3.78. The third-order valence-electron chi connectivity index (χ3n) is 4.98. The number of fused-ring (bicyclic) bond motifs is 1. The molecule has 0 amide bonds. The van der Waals surface area contributed by atoms with Crippen LogP contribution < -0.4 is 4.18 Å². The first kappa shape index (κ1) is 20.9. The Hall–Kier alpha value is -1.80. The topological polar surface area (TPSA) is 78.3 Å². The highest BCUT2D eigenvalue weighted by molar-refractivity contribution is 7.99. The molecule has 152 valence electrons. The monoisotopic (exact) mass is 422 g/mol. The van der Waals surface area contributed by atoms with Crippen LogP contribution in [0.5, 0.6) is 5.88 Å². The van der Waals surface area contributed by atoms with E-state index in [0.717, 1.165) is 16.9 Å². The summed E-state index contributed by atoms with van der Waals surface area (Å²) in [5, 5.41) is 4.17. The van der Waals surface area contributed by atoms with Crippen LogP contribution >= 0.6 is 11.8 Å². The Bertz CT molecular complexity index is 1030. The number of aromatic nitrogens is 2. The van der Waals surface area contributed by atoms with Crippen molar-refractivity contribution in [3.05, 3.63) is 40.1 Å². The van der Waals surface area contributed by atoms with E-state index in [1.807, 2.05) is 38.6 Å². The molecule has 0 fully saturated rings. The first-order valence-corrected chi connectivity index (χ1v) is 12.1. The van der Waals surface area contributed by atoms with E-state index in [4.69, 9.17) is 4.18 Å². The molecule has 1 aromatic carbocycles. The lowest BCUT2D eigenvalue weighted by atomic mass is 9.89. The van der Waals surface area contributed by atoms with Crippen molar-refractivity contribution >= 4 is 27.7 Å². The highest BCUT2D eigenvalue weighted by Gasteiger charge is 2.30. The fourth-order valence-electron chi connectivity index (χ4n) is 3.63. The normalized spacial score (nSPS) is 16.2. The zero-order valence-corrected chi connectivity index (χ0v) is 18.5. The van der Waals surface area contributed by atoms with E-state index >= 15 is 0 Å². The average molecular weight is 423 g/mol. The smallest absolute Gasteiger partial charge is 0.310 e. The minimum Gasteiger partial charge on any atom is -0.361 e. The van der Waals surface area contributed by atoms with Crippen LogP contribution in [-0.2, 0) is 16.7 Å². The van der Waals surface area contributed by atoms with Crippen molar-refractivity contribution in [1.82, 2.24) is 9.78 Å². The van der Waals surface area contributed by atoms with E-state index in [2.05, 4.69) is 12.0 Å². The minimum absolute atomic E-state index is 0.000856. The Kier molecular flexibility index (Phi) is 5.91. The summed E-state index contributed by atoms with van der Waals surface area (Å²) in [4.78, 5) is 14.6. The van der Waals surface area contributed by atoms with Gasteiger partial charge in [-0.2, -0.15) is 13.5 Å². The van der Waals surface area contributed by atoms with Gasteiger partial charge in [0.1, 0.15) is 5.56 Å². The Balaban J connectivity index is 2.09. The van der Waals surface area contributed by atoms with Crippen molar-refractivity contribution in [1.29, 1.82) is 0 Å². The number of rotatable bonds is 7. The molecule has 1 aliphatic rings. The van der Waals surface area contributed by atoms with Crippen molar-refractivity contribution in [3.63, 3.8) is 0 Å². The van der Waals surface area contributed by atoms with Gasteiger partial charge in [-0.25, -0.2) is 4.68 Å². The molecule has 1 atom stereocenters. The van der Waals surface area contributed by atoms with Gasteiger partial charge in [-0.1, -0.05) is 13.8 Å². The first-order valence-electron chi connectivity index (χ1n) is 9.49. The van der Waals surface area contributed by atoms with Crippen LogP contribution in [0.15, 0.2) is 17.2 Å². The molecule has 0 bridgehead atoms. The Labute approximate surface area is 170 Å². The third kappa shape index (κ3) is 3.72. The fourth-order valence-corrected chi connectivity index (χ4v) is 6.01. The zero-order chi connectivity index (χ0) is 20.6. The number of aryl methyl sites for hydroxylation is 2. The van der Waals surface area contributed by atoms with Gasteiger partial charge in [-0.05, 0) is 55.9 Å². The second-order valence-corrected chi connectivity index (χ2v) is 9.89. The van der Waals surface area contributed by atoms with Gasteiger partial charge in [0.2, 0.25) is 5.88 Å². The van der Waals surface area contributed by atoms with Gasteiger partial charge in [0, 0.05) is 22.8 Å². The van der Waals surface area contributed by atoms with Crippen LogP contribution in [0.2, 0.25) is 0 Å². The lowest BCUT2D eigenvalue weighted by Crippen LogP contribution is -2.18. The maximum atomic E-state index is 13.4. The van der Waals surface area contributed by atoms with Gasteiger partial charge >= 0.3 is 10.1 Å². The molecule has 8 heteroatoms. The molecule has 2 heterocycles. The zero-order valence-electron chi connectivity index (χ0n) is 16.9. The highest BCUT2D eigenvalue weighted by atomic mass is 32.2. The molecule has 1 aromatic heterocycles. The van der Waals surface area contributed by atoms with Crippen molar-refractivity contribution in [2.45, 2.75) is 58.4 Å². The van der Waals surface area contributed by atoms with Crippen LogP contribution in [0.3, 0.4) is 0 Å². The molecule has 28 heavy (non-hydrogen) atoms. The van der Waals surface area contributed by atoms with Gasteiger partial charge in [-0.3, -0.25) is 4.79 Å². The lowest BCUT2D eigenvalue weighted by molar-refractivity contribution is 0.103. The number of carbonyl (C=O) groups is 1. The van der Waals surface area contributed by atoms with E-state index in [0.29, 0.717) is 24.4 Å². The molecule has 0 N–H and O–H groups in total. The molecule has 0 spiro atoms. The van der Waals surface area contributed by atoms with Crippen LogP contribution in [0, 0.1) is 13.8 Å². The maximum Gasteiger partial charge on any atom is 0.310 e. The van der Waals surface area contributed by atoms with Crippen LogP contribution in [0.25, 0.3) is 0 Å². The number of ketones is 1. The molecule has 0 radical (unpaired) electrons. The van der Waals surface area contributed by atoms with Crippen LogP contribution in [0.4, 0.5) is 0 Å². The quantitative estimate of drug-likeness (QED) is 0.494. The van der Waals surface area contributed by atoms with Crippen molar-refractivity contribution < 1.29 is 17.4 Å². The summed E-state index contributed by atoms with van der Waals surface area (Å²) in [5.41, 5.74) is 4.01. The van der Waals surface area contributed by atoms with Gasteiger partial charge in [0.25, 0.3) is 0 Å². The molecule has 1 aliphatic heterocycles. The van der Waals surface area contributed by atoms with Gasteiger partial charge in [0.05, 0.1) is 11.9 Å². The van der Waals surface area contributed by atoms with E-state index < -0.39 is 10.1 Å². The summed E-state index contributed by atoms with van der Waals surface area (Å²) < 4.78 is 31.2. The summed E-state index contributed by atoms with van der Waals surface area (Å²) >= 11 is 1.83. The van der Waals surface area contributed by atoms with Crippen LogP contribution in [-0.4, -0.2) is 35.5 Å². The predicted molar refractivity (Wildman–Crippen MR) is 111 cm³/mol. The van der Waals surface area contributed by atoms with E-state index in [1.54, 1.807) is 6.92 Å². The molecule has 3 rings (SSSR count). The second kappa shape index (κ2) is 7.91. The van der Waals surface area contributed by atoms with E-state index in [1.165, 1.54) is 21.3 Å². The lowest BCUT2D eigenvalue weighted by Gasteiger charge is -2.15. The van der Waals surface area contributed by atoms with E-state index in [9.17, 15) is 13.2 Å². The van der Waals surface area contributed by atoms with Crippen molar-refractivity contribution in [3.8, 4) is 5.88 Å².